The summed E-state index contributed by atoms with van der Waals surface area (Å²) >= 11 is 0. The molecule has 0 heterocycles. The van der Waals surface area contributed by atoms with E-state index in [2.05, 4.69) is 19.9 Å². The number of carbonyl (C=O) groups excluding carboxylic acids is 2. The predicted octanol–water partition coefficient (Wildman–Crippen LogP) is 4.51. The SMILES string of the molecule is COc1cc(P)c(-c2cccc(C(=O)O)c2)cc1C(=O)N[C@H]1[C@@H](C(=O)Nc2cccc(S(=O)(=O)C(C)(F)F)c2)[C@@H]2C=C[C@H]1C2. The molecule has 2 aliphatic rings. The second-order valence-electron chi connectivity index (χ2n) is 10.8. The number of allylic oxidation sites excluding steroid dienone is 1. The molecule has 0 aliphatic heterocycles. The standard InChI is InChI=1S/C31H29F2N2O7PS/c1-31(32,33)44(40,41)21-8-4-7-20(13-21)34-29(37)26-17-9-10-18(12-17)27(26)35-28(36)23-14-22(25(43)15-24(23)42-2)16-5-3-6-19(11-16)30(38)39/h3-11,13-15,17-18,26-27H,12,43H2,1-2H3,(H,34,37)(H,35,36)(H,38,39)/t17-,18+,26+,27-/m1/s1. The van der Waals surface area contributed by atoms with Gasteiger partial charge in [-0.25, -0.2) is 13.2 Å². The summed E-state index contributed by atoms with van der Waals surface area (Å²) in [5.74, 6) is -2.90. The number of ether oxygens (including phenoxy) is 1. The summed E-state index contributed by atoms with van der Waals surface area (Å²) in [6.45, 7) is 0.292. The van der Waals surface area contributed by atoms with Gasteiger partial charge in [0.2, 0.25) is 15.7 Å². The maximum Gasteiger partial charge on any atom is 0.347 e. The van der Waals surface area contributed by atoms with Crippen LogP contribution in [0.3, 0.4) is 0 Å². The van der Waals surface area contributed by atoms with Crippen molar-refractivity contribution in [3.8, 4) is 16.9 Å². The van der Waals surface area contributed by atoms with Crippen LogP contribution in [0.5, 0.6) is 5.75 Å². The van der Waals surface area contributed by atoms with E-state index in [1.807, 2.05) is 12.2 Å². The monoisotopic (exact) mass is 642 g/mol. The molecule has 13 heteroatoms. The second-order valence-corrected chi connectivity index (χ2v) is 13.6. The number of sulfone groups is 1. The van der Waals surface area contributed by atoms with Crippen molar-refractivity contribution in [3.05, 3.63) is 83.9 Å². The van der Waals surface area contributed by atoms with E-state index in [9.17, 15) is 36.7 Å². The Labute approximate surface area is 254 Å². The lowest BCUT2D eigenvalue weighted by molar-refractivity contribution is -0.121. The van der Waals surface area contributed by atoms with E-state index in [0.717, 1.165) is 12.1 Å². The van der Waals surface area contributed by atoms with Crippen LogP contribution in [0.15, 0.2) is 77.7 Å². The van der Waals surface area contributed by atoms with E-state index < -0.39 is 49.7 Å². The van der Waals surface area contributed by atoms with E-state index in [-0.39, 0.29) is 34.4 Å². The molecule has 2 amide bonds. The second kappa shape index (κ2) is 11.7. The number of carboxylic acids is 1. The fourth-order valence-corrected chi connectivity index (χ4v) is 7.15. The van der Waals surface area contributed by atoms with E-state index in [0.29, 0.717) is 29.8 Å². The van der Waals surface area contributed by atoms with Crippen molar-refractivity contribution < 1.29 is 41.4 Å². The lowest BCUT2D eigenvalue weighted by atomic mass is 9.87. The highest BCUT2D eigenvalue weighted by molar-refractivity contribution is 7.92. The largest absolute Gasteiger partial charge is 0.496 e. The van der Waals surface area contributed by atoms with Gasteiger partial charge in [0.05, 0.1) is 29.1 Å². The Morgan fingerprint density at radius 1 is 1.02 bits per heavy atom. The minimum absolute atomic E-state index is 0.0306. The Morgan fingerprint density at radius 2 is 1.73 bits per heavy atom. The summed E-state index contributed by atoms with van der Waals surface area (Å²) in [5, 5.41) is 11.7. The van der Waals surface area contributed by atoms with Crippen LogP contribution in [0.2, 0.25) is 0 Å². The highest BCUT2D eigenvalue weighted by atomic mass is 32.2. The number of fused-ring (bicyclic) bond motifs is 2. The number of rotatable bonds is 9. The van der Waals surface area contributed by atoms with Crippen LogP contribution in [0, 0.1) is 17.8 Å². The smallest absolute Gasteiger partial charge is 0.347 e. The zero-order valence-electron chi connectivity index (χ0n) is 23.6. The van der Waals surface area contributed by atoms with Gasteiger partial charge in [-0.05, 0) is 77.2 Å². The molecule has 0 spiro atoms. The number of methoxy groups -OCH3 is 1. The highest BCUT2D eigenvalue weighted by Gasteiger charge is 2.49. The molecule has 1 unspecified atom stereocenters. The molecule has 3 N–H and O–H groups in total. The number of hydrogen-bond acceptors (Lipinski definition) is 6. The summed E-state index contributed by atoms with van der Waals surface area (Å²) in [7, 11) is -0.986. The highest BCUT2D eigenvalue weighted by Crippen LogP contribution is 2.44. The summed E-state index contributed by atoms with van der Waals surface area (Å²) in [6, 6.07) is 13.6. The van der Waals surface area contributed by atoms with Gasteiger partial charge in [0.15, 0.2) is 0 Å². The molecule has 3 aromatic carbocycles. The molecule has 1 fully saturated rings. The van der Waals surface area contributed by atoms with E-state index in [1.54, 1.807) is 24.3 Å². The van der Waals surface area contributed by atoms with E-state index in [4.69, 9.17) is 4.74 Å². The number of carboxylic acid groups (broad SMARTS) is 1. The van der Waals surface area contributed by atoms with Crippen molar-refractivity contribution in [3.63, 3.8) is 0 Å². The number of carbonyl (C=O) groups is 3. The molecule has 9 nitrogen and oxygen atoms in total. The van der Waals surface area contributed by atoms with Crippen LogP contribution in [0.4, 0.5) is 14.5 Å². The van der Waals surface area contributed by atoms with Crippen molar-refractivity contribution in [2.75, 3.05) is 12.4 Å². The summed E-state index contributed by atoms with van der Waals surface area (Å²) in [4.78, 5) is 38.1. The number of amides is 2. The first-order valence-electron chi connectivity index (χ1n) is 13.5. The van der Waals surface area contributed by atoms with Crippen LogP contribution in [0.1, 0.15) is 34.1 Å². The number of hydrogen-bond donors (Lipinski definition) is 3. The molecule has 2 bridgehead atoms. The van der Waals surface area contributed by atoms with Gasteiger partial charge in [-0.2, -0.15) is 8.78 Å². The average molecular weight is 643 g/mol. The van der Waals surface area contributed by atoms with Crippen molar-refractivity contribution in [1.29, 1.82) is 0 Å². The van der Waals surface area contributed by atoms with Crippen LogP contribution in [0.25, 0.3) is 11.1 Å². The Hall–Kier alpha value is -4.15. The fourth-order valence-electron chi connectivity index (χ4n) is 5.79. The molecule has 5 rings (SSSR count). The van der Waals surface area contributed by atoms with Crippen molar-refractivity contribution >= 4 is 47.9 Å². The molecule has 0 radical (unpaired) electrons. The van der Waals surface area contributed by atoms with Crippen molar-refractivity contribution in [1.82, 2.24) is 5.32 Å². The van der Waals surface area contributed by atoms with Crippen LogP contribution in [-0.2, 0) is 14.6 Å². The number of benzene rings is 3. The molecule has 5 atom stereocenters. The van der Waals surface area contributed by atoms with Crippen LogP contribution < -0.4 is 20.7 Å². The molecule has 230 valence electrons. The topological polar surface area (TPSA) is 139 Å². The van der Waals surface area contributed by atoms with Gasteiger partial charge in [-0.3, -0.25) is 9.59 Å². The number of halogens is 2. The first-order chi connectivity index (χ1) is 20.7. The normalized spacial score (nSPS) is 20.8. The van der Waals surface area contributed by atoms with Gasteiger partial charge < -0.3 is 20.5 Å². The van der Waals surface area contributed by atoms with E-state index >= 15 is 0 Å². The first-order valence-corrected chi connectivity index (χ1v) is 15.6. The quantitative estimate of drug-likeness (QED) is 0.231. The van der Waals surface area contributed by atoms with E-state index in [1.165, 1.54) is 31.4 Å². The Kier molecular flexibility index (Phi) is 8.35. The van der Waals surface area contributed by atoms with Gasteiger partial charge in [-0.15, -0.1) is 9.24 Å². The fraction of sp³-hybridized carbons (Fsp3) is 0.258. The van der Waals surface area contributed by atoms with Crippen molar-refractivity contribution in [2.45, 2.75) is 29.5 Å². The van der Waals surface area contributed by atoms with Gasteiger partial charge in [0, 0.05) is 18.7 Å². The zero-order valence-corrected chi connectivity index (χ0v) is 25.6. The third-order valence-electron chi connectivity index (χ3n) is 7.98. The van der Waals surface area contributed by atoms with Crippen LogP contribution in [-0.4, -0.2) is 49.7 Å². The number of alkyl halides is 2. The minimum Gasteiger partial charge on any atom is -0.496 e. The maximum absolute atomic E-state index is 13.7. The first kappa shape index (κ1) is 31.3. The summed E-state index contributed by atoms with van der Waals surface area (Å²) in [6.07, 6.45) is 4.43. The number of nitrogens with one attached hydrogen (secondary N) is 2. The Bertz CT molecular complexity index is 1810. The molecular formula is C31H29F2N2O7PS. The summed E-state index contributed by atoms with van der Waals surface area (Å²) < 4.78 is 57.4. The lowest BCUT2D eigenvalue weighted by Crippen LogP contribution is -2.47. The molecular weight excluding hydrogens is 613 g/mol. The Balaban J connectivity index is 1.41. The average Bonchev–Trinajstić information content (AvgIpc) is 3.58. The van der Waals surface area contributed by atoms with Gasteiger partial charge in [-0.1, -0.05) is 30.4 Å². The number of anilines is 1. The van der Waals surface area contributed by atoms with Crippen LogP contribution >= 0.6 is 9.24 Å². The van der Waals surface area contributed by atoms with Gasteiger partial charge >= 0.3 is 11.2 Å². The predicted molar refractivity (Wildman–Crippen MR) is 163 cm³/mol. The molecule has 1 saturated carbocycles. The maximum atomic E-state index is 13.7. The zero-order chi connectivity index (χ0) is 32.0. The molecule has 2 aliphatic carbocycles. The molecule has 44 heavy (non-hydrogen) atoms. The third-order valence-corrected chi connectivity index (χ3v) is 10.3. The lowest BCUT2D eigenvalue weighted by Gasteiger charge is -2.28. The molecule has 0 saturated heterocycles. The third kappa shape index (κ3) is 5.84. The number of aromatic carboxylic acids is 1. The van der Waals surface area contributed by atoms with Gasteiger partial charge in [0.25, 0.3) is 5.91 Å². The summed E-state index contributed by atoms with van der Waals surface area (Å²) in [5.41, 5.74) is 1.47. The Morgan fingerprint density at radius 3 is 2.41 bits per heavy atom. The van der Waals surface area contributed by atoms with Gasteiger partial charge in [0.1, 0.15) is 5.75 Å². The molecule has 0 aromatic heterocycles. The molecule has 3 aromatic rings. The van der Waals surface area contributed by atoms with Crippen molar-refractivity contribution in [2.24, 2.45) is 17.8 Å². The minimum atomic E-state index is -4.95.